The van der Waals surface area contributed by atoms with E-state index in [1.165, 1.54) is 11.3 Å². The Morgan fingerprint density at radius 2 is 2.35 bits per heavy atom. The van der Waals surface area contributed by atoms with Crippen molar-refractivity contribution in [1.29, 1.82) is 0 Å². The molecule has 0 radical (unpaired) electrons. The molecule has 0 aliphatic heterocycles. The van der Waals surface area contributed by atoms with Gasteiger partial charge in [0.25, 0.3) is 5.89 Å². The Kier molecular flexibility index (Phi) is 4.18. The molecule has 6 nitrogen and oxygen atoms in total. The van der Waals surface area contributed by atoms with Crippen LogP contribution in [0, 0.1) is 0 Å². The molecule has 92 valence electrons. The van der Waals surface area contributed by atoms with Crippen molar-refractivity contribution in [3.63, 3.8) is 0 Å². The van der Waals surface area contributed by atoms with E-state index in [4.69, 9.17) is 15.0 Å². The van der Waals surface area contributed by atoms with Crippen molar-refractivity contribution in [2.75, 3.05) is 6.61 Å². The van der Waals surface area contributed by atoms with Crippen molar-refractivity contribution in [3.05, 3.63) is 16.2 Å². The van der Waals surface area contributed by atoms with Gasteiger partial charge in [0.2, 0.25) is 0 Å². The van der Waals surface area contributed by atoms with Gasteiger partial charge in [-0.1, -0.05) is 12.1 Å². The summed E-state index contributed by atoms with van der Waals surface area (Å²) in [6.07, 6.45) is 0.969. The topological polar surface area (TPSA) is 87.1 Å². The van der Waals surface area contributed by atoms with E-state index in [0.717, 1.165) is 11.4 Å². The van der Waals surface area contributed by atoms with Gasteiger partial charge < -0.3 is 15.0 Å². The molecular formula is C10H14N4O2S. The van der Waals surface area contributed by atoms with Crippen LogP contribution in [0.5, 0.6) is 0 Å². The van der Waals surface area contributed by atoms with Crippen LogP contribution in [-0.2, 0) is 17.9 Å². The molecule has 0 bridgehead atoms. The molecule has 0 spiro atoms. The Labute approximate surface area is 103 Å². The summed E-state index contributed by atoms with van der Waals surface area (Å²) in [7, 11) is 0. The van der Waals surface area contributed by atoms with Gasteiger partial charge in [0.15, 0.2) is 5.82 Å². The van der Waals surface area contributed by atoms with Gasteiger partial charge in [-0.25, -0.2) is 4.98 Å². The minimum atomic E-state index is 0.366. The highest BCUT2D eigenvalue weighted by Gasteiger charge is 2.12. The summed E-state index contributed by atoms with van der Waals surface area (Å²) < 4.78 is 10.4. The predicted molar refractivity (Wildman–Crippen MR) is 63.2 cm³/mol. The van der Waals surface area contributed by atoms with Gasteiger partial charge in [-0.15, -0.1) is 11.3 Å². The molecule has 0 saturated carbocycles. The van der Waals surface area contributed by atoms with Gasteiger partial charge in [0.1, 0.15) is 17.3 Å². The van der Waals surface area contributed by atoms with Crippen LogP contribution in [0.3, 0.4) is 0 Å². The number of thiazole rings is 1. The highest BCUT2D eigenvalue weighted by atomic mass is 32.1. The first kappa shape index (κ1) is 12.2. The molecule has 0 aliphatic rings. The van der Waals surface area contributed by atoms with Crippen molar-refractivity contribution in [1.82, 2.24) is 15.1 Å². The molecule has 2 heterocycles. The minimum absolute atomic E-state index is 0.366. The summed E-state index contributed by atoms with van der Waals surface area (Å²) in [5.74, 6) is 0.951. The molecule has 0 aromatic carbocycles. The first-order chi connectivity index (χ1) is 8.33. The highest BCUT2D eigenvalue weighted by molar-refractivity contribution is 7.09. The highest BCUT2D eigenvalue weighted by Crippen LogP contribution is 2.19. The summed E-state index contributed by atoms with van der Waals surface area (Å²) in [5, 5.41) is 6.52. The van der Waals surface area contributed by atoms with Crippen molar-refractivity contribution in [2.24, 2.45) is 5.73 Å². The van der Waals surface area contributed by atoms with E-state index < -0.39 is 0 Å². The Bertz CT molecular complexity index is 468. The molecule has 17 heavy (non-hydrogen) atoms. The first-order valence-corrected chi connectivity index (χ1v) is 6.26. The van der Waals surface area contributed by atoms with Crippen molar-refractivity contribution in [2.45, 2.75) is 26.5 Å². The van der Waals surface area contributed by atoms with E-state index in [2.05, 4.69) is 15.1 Å². The average molecular weight is 254 g/mol. The van der Waals surface area contributed by atoms with Crippen molar-refractivity contribution in [3.8, 4) is 11.6 Å². The van der Waals surface area contributed by atoms with Crippen LogP contribution < -0.4 is 5.73 Å². The maximum atomic E-state index is 5.49. The summed E-state index contributed by atoms with van der Waals surface area (Å²) in [6, 6.07) is 0. The third kappa shape index (κ3) is 3.09. The first-order valence-electron chi connectivity index (χ1n) is 5.38. The minimum Gasteiger partial charge on any atom is -0.373 e. The van der Waals surface area contributed by atoms with E-state index in [0.29, 0.717) is 37.2 Å². The molecule has 0 amide bonds. The van der Waals surface area contributed by atoms with Gasteiger partial charge in [0.05, 0.1) is 0 Å². The molecule has 0 fully saturated rings. The normalized spacial score (nSPS) is 10.9. The number of hydrogen-bond acceptors (Lipinski definition) is 7. The zero-order valence-electron chi connectivity index (χ0n) is 9.55. The van der Waals surface area contributed by atoms with Crippen LogP contribution >= 0.6 is 11.3 Å². The molecule has 2 aromatic rings. The van der Waals surface area contributed by atoms with Crippen molar-refractivity contribution < 1.29 is 9.26 Å². The number of nitrogens with zero attached hydrogens (tertiary/aromatic N) is 3. The molecule has 2 aromatic heterocycles. The summed E-state index contributed by atoms with van der Waals surface area (Å²) >= 11 is 1.48. The molecular weight excluding hydrogens is 240 g/mol. The zero-order valence-corrected chi connectivity index (χ0v) is 10.4. The Morgan fingerprint density at radius 1 is 1.47 bits per heavy atom. The standard InChI is InChI=1S/C10H14N4O2S/c1-2-3-15-5-8-13-10(16-14-8)7-6-17-9(4-11)12-7/h6H,2-5,11H2,1H3. The molecule has 0 saturated heterocycles. The number of aromatic nitrogens is 3. The number of nitrogens with two attached hydrogens (primary N) is 1. The second-order valence-electron chi connectivity index (χ2n) is 3.40. The Hall–Kier alpha value is -1.31. The van der Waals surface area contributed by atoms with E-state index in [1.807, 2.05) is 12.3 Å². The number of hydrogen-bond donors (Lipinski definition) is 1. The van der Waals surface area contributed by atoms with Crippen LogP contribution in [0.25, 0.3) is 11.6 Å². The molecule has 7 heteroatoms. The fourth-order valence-electron chi connectivity index (χ4n) is 1.23. The maximum absolute atomic E-state index is 5.49. The largest absolute Gasteiger partial charge is 0.373 e. The quantitative estimate of drug-likeness (QED) is 0.787. The molecule has 0 aliphatic carbocycles. The van der Waals surface area contributed by atoms with Gasteiger partial charge in [0, 0.05) is 18.5 Å². The Balaban J connectivity index is 2.02. The van der Waals surface area contributed by atoms with E-state index >= 15 is 0 Å². The molecule has 2 N–H and O–H groups in total. The van der Waals surface area contributed by atoms with Gasteiger partial charge >= 0.3 is 0 Å². The monoisotopic (exact) mass is 254 g/mol. The smallest absolute Gasteiger partial charge is 0.277 e. The summed E-state index contributed by atoms with van der Waals surface area (Å²) in [4.78, 5) is 8.47. The lowest BCUT2D eigenvalue weighted by molar-refractivity contribution is 0.114. The fraction of sp³-hybridized carbons (Fsp3) is 0.500. The molecule has 0 atom stereocenters. The van der Waals surface area contributed by atoms with Gasteiger partial charge in [-0.05, 0) is 6.42 Å². The summed E-state index contributed by atoms with van der Waals surface area (Å²) in [5.41, 5.74) is 6.16. The fourth-order valence-corrected chi connectivity index (χ4v) is 1.88. The molecule has 0 unspecified atom stereocenters. The van der Waals surface area contributed by atoms with Gasteiger partial charge in [-0.3, -0.25) is 0 Å². The third-order valence-corrected chi connectivity index (χ3v) is 2.86. The lowest BCUT2D eigenvalue weighted by Crippen LogP contribution is -1.96. The lowest BCUT2D eigenvalue weighted by Gasteiger charge is -1.95. The van der Waals surface area contributed by atoms with Crippen LogP contribution in [-0.4, -0.2) is 21.7 Å². The third-order valence-electron chi connectivity index (χ3n) is 1.99. The van der Waals surface area contributed by atoms with E-state index in [9.17, 15) is 0 Å². The molecule has 2 rings (SSSR count). The van der Waals surface area contributed by atoms with Crippen LogP contribution in [0.1, 0.15) is 24.2 Å². The van der Waals surface area contributed by atoms with E-state index in [1.54, 1.807) is 0 Å². The maximum Gasteiger partial charge on any atom is 0.277 e. The number of ether oxygens (including phenoxy) is 1. The van der Waals surface area contributed by atoms with Gasteiger partial charge in [-0.2, -0.15) is 4.98 Å². The summed E-state index contributed by atoms with van der Waals surface area (Å²) in [6.45, 7) is 3.53. The van der Waals surface area contributed by atoms with Crippen LogP contribution in [0.2, 0.25) is 0 Å². The zero-order chi connectivity index (χ0) is 12.1. The number of rotatable bonds is 6. The van der Waals surface area contributed by atoms with Crippen LogP contribution in [0.4, 0.5) is 0 Å². The SMILES string of the molecule is CCCOCc1noc(-c2csc(CN)n2)n1. The second-order valence-corrected chi connectivity index (χ2v) is 4.34. The second kappa shape index (κ2) is 5.85. The Morgan fingerprint density at radius 3 is 3.06 bits per heavy atom. The van der Waals surface area contributed by atoms with E-state index in [-0.39, 0.29) is 0 Å². The average Bonchev–Trinajstić information content (AvgIpc) is 2.97. The predicted octanol–water partition coefficient (Wildman–Crippen LogP) is 1.58. The lowest BCUT2D eigenvalue weighted by atomic mass is 10.5. The van der Waals surface area contributed by atoms with Crippen molar-refractivity contribution >= 4 is 11.3 Å². The van der Waals surface area contributed by atoms with Crippen LogP contribution in [0.15, 0.2) is 9.90 Å².